The van der Waals surface area contributed by atoms with E-state index in [-0.39, 0.29) is 13.1 Å². The molecule has 138 valence electrons. The van der Waals surface area contributed by atoms with Gasteiger partial charge < -0.3 is 10.6 Å². The molecular formula is C18H16F4N2O2. The maximum Gasteiger partial charge on any atom is 0.395 e. The van der Waals surface area contributed by atoms with E-state index < -0.39 is 23.7 Å². The van der Waals surface area contributed by atoms with Gasteiger partial charge in [0, 0.05) is 13.1 Å². The van der Waals surface area contributed by atoms with Crippen LogP contribution in [0.15, 0.2) is 60.7 Å². The molecule has 0 unspecified atom stereocenters. The van der Waals surface area contributed by atoms with Crippen LogP contribution in [0.3, 0.4) is 0 Å². The van der Waals surface area contributed by atoms with E-state index in [0.717, 1.165) is 0 Å². The predicted molar refractivity (Wildman–Crippen MR) is 86.5 cm³/mol. The molecule has 0 saturated heterocycles. The Morgan fingerprint density at radius 2 is 0.962 bits per heavy atom. The molecule has 0 radical (unpaired) electrons. The molecule has 0 saturated carbocycles. The molecule has 0 atom stereocenters. The van der Waals surface area contributed by atoms with Gasteiger partial charge in [-0.15, -0.1) is 0 Å². The van der Waals surface area contributed by atoms with Gasteiger partial charge in [-0.25, -0.2) is 0 Å². The zero-order valence-corrected chi connectivity index (χ0v) is 13.5. The Bertz CT molecular complexity index is 687. The van der Waals surface area contributed by atoms with E-state index in [1.54, 1.807) is 47.0 Å². The van der Waals surface area contributed by atoms with Crippen molar-refractivity contribution in [3.05, 3.63) is 71.8 Å². The van der Waals surface area contributed by atoms with Crippen molar-refractivity contribution in [1.29, 1.82) is 0 Å². The smallest absolute Gasteiger partial charge is 0.347 e. The van der Waals surface area contributed by atoms with Crippen molar-refractivity contribution in [2.45, 2.75) is 24.9 Å². The number of benzene rings is 2. The second kappa shape index (κ2) is 7.99. The van der Waals surface area contributed by atoms with Crippen LogP contribution in [0.25, 0.3) is 0 Å². The van der Waals surface area contributed by atoms with Crippen LogP contribution in [-0.4, -0.2) is 23.7 Å². The summed E-state index contributed by atoms with van der Waals surface area (Å²) >= 11 is 0. The van der Waals surface area contributed by atoms with Crippen molar-refractivity contribution < 1.29 is 27.2 Å². The van der Waals surface area contributed by atoms with E-state index in [1.165, 1.54) is 24.3 Å². The molecule has 2 amide bonds. The number of alkyl halides is 4. The fourth-order valence-corrected chi connectivity index (χ4v) is 2.06. The van der Waals surface area contributed by atoms with Gasteiger partial charge in [0.15, 0.2) is 0 Å². The second-order valence-corrected chi connectivity index (χ2v) is 5.49. The molecule has 2 N–H and O–H groups in total. The Hall–Kier alpha value is -2.90. The van der Waals surface area contributed by atoms with Gasteiger partial charge in [0.05, 0.1) is 0 Å². The number of nitrogens with one attached hydrogen (secondary N) is 2. The summed E-state index contributed by atoms with van der Waals surface area (Å²) < 4.78 is 55.4. The molecule has 0 aliphatic rings. The molecule has 8 heteroatoms. The highest BCUT2D eigenvalue weighted by Crippen LogP contribution is 2.34. The first-order chi connectivity index (χ1) is 12.2. The Kier molecular flexibility index (Phi) is 5.97. The van der Waals surface area contributed by atoms with Crippen LogP contribution < -0.4 is 10.6 Å². The third kappa shape index (κ3) is 4.38. The van der Waals surface area contributed by atoms with Crippen molar-refractivity contribution >= 4 is 11.8 Å². The molecule has 2 rings (SSSR count). The fraction of sp³-hybridized carbons (Fsp3) is 0.222. The van der Waals surface area contributed by atoms with Gasteiger partial charge in [0.25, 0.3) is 11.8 Å². The number of halogens is 4. The average Bonchev–Trinajstić information content (AvgIpc) is 2.65. The SMILES string of the molecule is O=C(NCc1ccccc1)C(F)(F)C(F)(F)C(=O)NCc1ccccc1. The number of hydrogen-bond acceptors (Lipinski definition) is 2. The van der Waals surface area contributed by atoms with Gasteiger partial charge in [-0.1, -0.05) is 60.7 Å². The molecule has 0 bridgehead atoms. The summed E-state index contributed by atoms with van der Waals surface area (Å²) in [6, 6.07) is 15.9. The summed E-state index contributed by atoms with van der Waals surface area (Å²) in [5, 5.41) is 3.45. The zero-order valence-electron chi connectivity index (χ0n) is 13.5. The third-order valence-corrected chi connectivity index (χ3v) is 3.56. The summed E-state index contributed by atoms with van der Waals surface area (Å²) in [6.45, 7) is -0.728. The van der Waals surface area contributed by atoms with Gasteiger partial charge in [-0.2, -0.15) is 17.6 Å². The Morgan fingerprint density at radius 3 is 1.27 bits per heavy atom. The zero-order chi connectivity index (χ0) is 19.2. The standard InChI is InChI=1S/C18H16F4N2O2/c19-17(20,15(25)23-11-13-7-3-1-4-8-13)18(21,22)16(26)24-12-14-9-5-2-6-10-14/h1-10H,11-12H2,(H,23,25)(H,24,26). The fourth-order valence-electron chi connectivity index (χ4n) is 2.06. The number of carbonyl (C=O) groups is 2. The van der Waals surface area contributed by atoms with Gasteiger partial charge in [0.2, 0.25) is 0 Å². The van der Waals surface area contributed by atoms with E-state index >= 15 is 0 Å². The number of carbonyl (C=O) groups excluding carboxylic acids is 2. The first kappa shape index (κ1) is 19.4. The summed E-state index contributed by atoms with van der Waals surface area (Å²) in [5.41, 5.74) is 0.905. The largest absolute Gasteiger partial charge is 0.395 e. The lowest BCUT2D eigenvalue weighted by atomic mass is 10.1. The molecule has 2 aromatic rings. The number of amides is 2. The molecule has 0 aliphatic heterocycles. The van der Waals surface area contributed by atoms with Crippen molar-refractivity contribution in [3.63, 3.8) is 0 Å². The molecule has 2 aromatic carbocycles. The van der Waals surface area contributed by atoms with Crippen molar-refractivity contribution in [2.75, 3.05) is 0 Å². The highest BCUT2D eigenvalue weighted by molar-refractivity contribution is 5.95. The maximum absolute atomic E-state index is 13.9. The minimum atomic E-state index is -5.19. The highest BCUT2D eigenvalue weighted by atomic mass is 19.3. The van der Waals surface area contributed by atoms with Gasteiger partial charge in [-0.3, -0.25) is 9.59 Å². The minimum Gasteiger partial charge on any atom is -0.347 e. The Morgan fingerprint density at radius 1 is 0.654 bits per heavy atom. The second-order valence-electron chi connectivity index (χ2n) is 5.49. The van der Waals surface area contributed by atoms with Crippen LogP contribution in [0.2, 0.25) is 0 Å². The summed E-state index contributed by atoms with van der Waals surface area (Å²) in [7, 11) is 0. The lowest BCUT2D eigenvalue weighted by Gasteiger charge is -2.24. The van der Waals surface area contributed by atoms with Crippen LogP contribution in [0.5, 0.6) is 0 Å². The molecule has 4 nitrogen and oxygen atoms in total. The lowest BCUT2D eigenvalue weighted by Crippen LogP contribution is -2.59. The van der Waals surface area contributed by atoms with Crippen molar-refractivity contribution in [3.8, 4) is 0 Å². The van der Waals surface area contributed by atoms with E-state index in [9.17, 15) is 27.2 Å². The van der Waals surface area contributed by atoms with E-state index in [1.807, 2.05) is 0 Å². The number of hydrogen-bond donors (Lipinski definition) is 2. The summed E-state index contributed by atoms with van der Waals surface area (Å²) in [6.07, 6.45) is 0. The minimum absolute atomic E-state index is 0.364. The highest BCUT2D eigenvalue weighted by Gasteiger charge is 2.66. The quantitative estimate of drug-likeness (QED) is 0.739. The molecule has 26 heavy (non-hydrogen) atoms. The molecule has 0 aliphatic carbocycles. The van der Waals surface area contributed by atoms with Crippen LogP contribution in [-0.2, 0) is 22.7 Å². The van der Waals surface area contributed by atoms with Crippen molar-refractivity contribution in [1.82, 2.24) is 10.6 Å². The summed E-state index contributed by atoms with van der Waals surface area (Å²) in [4.78, 5) is 23.1. The van der Waals surface area contributed by atoms with Crippen LogP contribution in [0.4, 0.5) is 17.6 Å². The van der Waals surface area contributed by atoms with E-state index in [4.69, 9.17) is 0 Å². The monoisotopic (exact) mass is 368 g/mol. The van der Waals surface area contributed by atoms with Gasteiger partial charge in [-0.05, 0) is 11.1 Å². The van der Waals surface area contributed by atoms with Crippen molar-refractivity contribution in [2.24, 2.45) is 0 Å². The molecule has 0 heterocycles. The first-order valence-corrected chi connectivity index (χ1v) is 7.65. The lowest BCUT2D eigenvalue weighted by molar-refractivity contribution is -0.211. The van der Waals surface area contributed by atoms with Crippen LogP contribution >= 0.6 is 0 Å². The van der Waals surface area contributed by atoms with E-state index in [2.05, 4.69) is 0 Å². The van der Waals surface area contributed by atoms with Crippen LogP contribution in [0, 0.1) is 0 Å². The predicted octanol–water partition coefficient (Wildman–Crippen LogP) is 2.89. The third-order valence-electron chi connectivity index (χ3n) is 3.56. The maximum atomic E-state index is 13.9. The van der Waals surface area contributed by atoms with Crippen LogP contribution in [0.1, 0.15) is 11.1 Å². The molecular weight excluding hydrogens is 352 g/mol. The molecule has 0 fully saturated rings. The van der Waals surface area contributed by atoms with Gasteiger partial charge in [0.1, 0.15) is 0 Å². The molecule has 0 aromatic heterocycles. The topological polar surface area (TPSA) is 58.2 Å². The normalized spacial score (nSPS) is 11.7. The Balaban J connectivity index is 1.99. The van der Waals surface area contributed by atoms with E-state index in [0.29, 0.717) is 11.1 Å². The van der Waals surface area contributed by atoms with Gasteiger partial charge >= 0.3 is 11.8 Å². The molecule has 0 spiro atoms. The number of rotatable bonds is 7. The average molecular weight is 368 g/mol. The Labute approximate surface area is 147 Å². The summed E-state index contributed by atoms with van der Waals surface area (Å²) in [5.74, 6) is -14.8. The first-order valence-electron chi connectivity index (χ1n) is 7.65.